The topological polar surface area (TPSA) is 105 Å². The molecule has 0 aromatic heterocycles. The average Bonchev–Trinajstić information content (AvgIpc) is 2.70. The van der Waals surface area contributed by atoms with Crippen LogP contribution in [0.3, 0.4) is 0 Å². The van der Waals surface area contributed by atoms with Crippen molar-refractivity contribution in [3.63, 3.8) is 0 Å². The molecular formula is C26H28O7. The Bertz CT molecular complexity index is 1180. The fourth-order valence-electron chi connectivity index (χ4n) is 4.01. The molecule has 2 aliphatic rings. The van der Waals surface area contributed by atoms with Crippen LogP contribution in [0.2, 0.25) is 0 Å². The lowest BCUT2D eigenvalue weighted by Crippen LogP contribution is -2.29. The van der Waals surface area contributed by atoms with E-state index in [-0.39, 0.29) is 41.0 Å². The average molecular weight is 453 g/mol. The largest absolute Gasteiger partial charge is 0.506 e. The van der Waals surface area contributed by atoms with Crippen molar-refractivity contribution >= 4 is 17.9 Å². The number of Topliss-reactive ketones (excluding diaryl/α,β-unsaturated/α-hetero) is 1. The molecule has 1 unspecified atom stereocenters. The zero-order valence-electron chi connectivity index (χ0n) is 19.3. The van der Waals surface area contributed by atoms with Crippen LogP contribution >= 0.6 is 0 Å². The molecule has 33 heavy (non-hydrogen) atoms. The summed E-state index contributed by atoms with van der Waals surface area (Å²) in [4.78, 5) is 13.5. The maximum absolute atomic E-state index is 13.5. The number of aliphatic hydroxyl groups is 1. The van der Waals surface area contributed by atoms with Crippen LogP contribution in [0.15, 0.2) is 30.4 Å². The van der Waals surface area contributed by atoms with Crippen LogP contribution in [0.1, 0.15) is 60.7 Å². The first-order valence-electron chi connectivity index (χ1n) is 10.7. The Balaban J connectivity index is 1.76. The number of methoxy groups -OCH3 is 1. The van der Waals surface area contributed by atoms with Gasteiger partial charge in [0.2, 0.25) is 0 Å². The van der Waals surface area contributed by atoms with Gasteiger partial charge >= 0.3 is 0 Å². The predicted octanol–water partition coefficient (Wildman–Crippen LogP) is 4.43. The molecule has 0 spiro atoms. The number of phenols is 2. The monoisotopic (exact) mass is 452 g/mol. The van der Waals surface area contributed by atoms with Gasteiger partial charge in [-0.05, 0) is 57.5 Å². The first kappa shape index (κ1) is 22.7. The van der Waals surface area contributed by atoms with Gasteiger partial charge in [-0.3, -0.25) is 4.79 Å². The minimum absolute atomic E-state index is 0.0315. The molecule has 3 N–H and O–H groups in total. The van der Waals surface area contributed by atoms with Gasteiger partial charge in [0.25, 0.3) is 0 Å². The third-order valence-electron chi connectivity index (χ3n) is 5.66. The third-order valence-corrected chi connectivity index (χ3v) is 5.66. The summed E-state index contributed by atoms with van der Waals surface area (Å²) in [6.07, 6.45) is 6.75. The number of ketones is 1. The summed E-state index contributed by atoms with van der Waals surface area (Å²) < 4.78 is 17.1. The highest BCUT2D eigenvalue weighted by atomic mass is 16.5. The summed E-state index contributed by atoms with van der Waals surface area (Å²) in [6, 6.07) is 4.80. The zero-order chi connectivity index (χ0) is 24.1. The van der Waals surface area contributed by atoms with Crippen molar-refractivity contribution in [3.8, 4) is 28.7 Å². The lowest BCUT2D eigenvalue weighted by molar-refractivity contribution is 0.0890. The lowest BCUT2D eigenvalue weighted by atomic mass is 9.86. The van der Waals surface area contributed by atoms with Gasteiger partial charge in [0.1, 0.15) is 35.0 Å². The highest BCUT2D eigenvalue weighted by Crippen LogP contribution is 2.47. The van der Waals surface area contributed by atoms with E-state index in [4.69, 9.17) is 14.2 Å². The minimum Gasteiger partial charge on any atom is -0.506 e. The van der Waals surface area contributed by atoms with Crippen LogP contribution in [-0.4, -0.2) is 46.0 Å². The number of benzene rings is 2. The van der Waals surface area contributed by atoms with Crippen molar-refractivity contribution in [3.05, 3.63) is 52.6 Å². The van der Waals surface area contributed by atoms with E-state index >= 15 is 0 Å². The molecule has 4 rings (SSSR count). The second-order valence-electron chi connectivity index (χ2n) is 9.43. The summed E-state index contributed by atoms with van der Waals surface area (Å²) >= 11 is 0. The van der Waals surface area contributed by atoms with Crippen molar-refractivity contribution in [1.29, 1.82) is 0 Å². The van der Waals surface area contributed by atoms with E-state index in [0.717, 1.165) is 0 Å². The number of rotatable bonds is 4. The van der Waals surface area contributed by atoms with E-state index in [9.17, 15) is 20.1 Å². The molecule has 7 nitrogen and oxygen atoms in total. The number of carbonyl (C=O) groups excluding carboxylic acids is 1. The van der Waals surface area contributed by atoms with Crippen molar-refractivity contribution in [2.24, 2.45) is 0 Å². The molecule has 2 aromatic carbocycles. The molecule has 0 amide bonds. The SMILES string of the molecule is COc1c(O)cc(C2COc3cc4c(c(O)c3C2=O)C=CC(C)(C)O4)cc1/C=C/C(C)(C)O. The standard InChI is InChI=1S/C26H28O7/c1-25(2,30)8-6-14-10-15(11-18(27)24(14)31-5)17-13-32-20-12-19-16(7-9-26(3,4)33-19)22(28)21(20)23(17)29/h6-12,17,27-28,30H,13H2,1-5H3/b8-6+. The second kappa shape index (κ2) is 7.85. The van der Waals surface area contributed by atoms with Gasteiger partial charge in [0.05, 0.1) is 24.2 Å². The summed E-state index contributed by atoms with van der Waals surface area (Å²) in [5.41, 5.74) is -0.0959. The number of hydrogen-bond acceptors (Lipinski definition) is 7. The maximum Gasteiger partial charge on any atom is 0.181 e. The number of fused-ring (bicyclic) bond motifs is 2. The van der Waals surface area contributed by atoms with Crippen molar-refractivity contribution < 1.29 is 34.3 Å². The molecule has 0 radical (unpaired) electrons. The minimum atomic E-state index is -1.08. The molecular weight excluding hydrogens is 424 g/mol. The van der Waals surface area contributed by atoms with E-state index in [1.54, 1.807) is 44.2 Å². The van der Waals surface area contributed by atoms with Crippen LogP contribution < -0.4 is 14.2 Å². The van der Waals surface area contributed by atoms with E-state index in [1.807, 2.05) is 19.9 Å². The molecule has 0 saturated heterocycles. The highest BCUT2D eigenvalue weighted by Gasteiger charge is 2.37. The fraction of sp³-hybridized carbons (Fsp3) is 0.346. The van der Waals surface area contributed by atoms with Gasteiger partial charge in [-0.2, -0.15) is 0 Å². The number of carbonyl (C=O) groups is 1. The van der Waals surface area contributed by atoms with Crippen molar-refractivity contribution in [2.45, 2.75) is 44.8 Å². The number of ether oxygens (including phenoxy) is 3. The Morgan fingerprint density at radius 1 is 1.18 bits per heavy atom. The van der Waals surface area contributed by atoms with Crippen molar-refractivity contribution in [2.75, 3.05) is 13.7 Å². The molecule has 2 aromatic rings. The summed E-state index contributed by atoms with van der Waals surface area (Å²) in [5.74, 6) is -0.467. The molecule has 174 valence electrons. The Morgan fingerprint density at radius 3 is 2.58 bits per heavy atom. The Hall–Kier alpha value is -3.45. The normalized spacial score (nSPS) is 19.0. The predicted molar refractivity (Wildman–Crippen MR) is 124 cm³/mol. The molecule has 0 saturated carbocycles. The molecule has 7 heteroatoms. The summed E-state index contributed by atoms with van der Waals surface area (Å²) in [5, 5.41) is 31.5. The van der Waals surface area contributed by atoms with E-state index in [2.05, 4.69) is 0 Å². The third kappa shape index (κ3) is 4.28. The maximum atomic E-state index is 13.5. The molecule has 0 fully saturated rings. The number of hydrogen-bond donors (Lipinski definition) is 3. The number of phenolic OH excluding ortho intramolecular Hbond substituents is 2. The molecule has 2 heterocycles. The molecule has 2 aliphatic heterocycles. The van der Waals surface area contributed by atoms with E-state index in [0.29, 0.717) is 22.4 Å². The van der Waals surface area contributed by atoms with E-state index < -0.39 is 17.1 Å². The van der Waals surface area contributed by atoms with Gasteiger partial charge in [-0.1, -0.05) is 12.2 Å². The van der Waals surface area contributed by atoms with Crippen LogP contribution in [0.4, 0.5) is 0 Å². The first-order valence-corrected chi connectivity index (χ1v) is 10.7. The zero-order valence-corrected chi connectivity index (χ0v) is 19.3. The lowest BCUT2D eigenvalue weighted by Gasteiger charge is -2.31. The number of aromatic hydroxyl groups is 2. The van der Waals surface area contributed by atoms with Gasteiger partial charge in [0.15, 0.2) is 17.3 Å². The Kier molecular flexibility index (Phi) is 5.41. The summed E-state index contributed by atoms with van der Waals surface area (Å²) in [7, 11) is 1.43. The highest BCUT2D eigenvalue weighted by molar-refractivity contribution is 6.07. The van der Waals surface area contributed by atoms with Gasteiger partial charge < -0.3 is 29.5 Å². The van der Waals surface area contributed by atoms with Crippen LogP contribution in [-0.2, 0) is 0 Å². The summed E-state index contributed by atoms with van der Waals surface area (Å²) in [6.45, 7) is 7.07. The van der Waals surface area contributed by atoms with E-state index in [1.165, 1.54) is 13.2 Å². The van der Waals surface area contributed by atoms with Crippen LogP contribution in [0.25, 0.3) is 12.2 Å². The first-order chi connectivity index (χ1) is 15.4. The van der Waals surface area contributed by atoms with Crippen LogP contribution in [0, 0.1) is 0 Å². The van der Waals surface area contributed by atoms with Gasteiger partial charge in [-0.15, -0.1) is 0 Å². The quantitative estimate of drug-likeness (QED) is 0.630. The Labute approximate surface area is 192 Å². The second-order valence-corrected chi connectivity index (χ2v) is 9.43. The smallest absolute Gasteiger partial charge is 0.181 e. The van der Waals surface area contributed by atoms with Crippen LogP contribution in [0.5, 0.6) is 28.7 Å². The van der Waals surface area contributed by atoms with Crippen molar-refractivity contribution in [1.82, 2.24) is 0 Å². The van der Waals surface area contributed by atoms with Gasteiger partial charge in [-0.25, -0.2) is 0 Å². The fourth-order valence-corrected chi connectivity index (χ4v) is 4.01. The molecule has 0 bridgehead atoms. The Morgan fingerprint density at radius 2 is 1.91 bits per heavy atom. The molecule has 0 aliphatic carbocycles. The van der Waals surface area contributed by atoms with Gasteiger partial charge in [0, 0.05) is 11.6 Å². The molecule has 1 atom stereocenters.